The van der Waals surface area contributed by atoms with Crippen molar-refractivity contribution in [2.75, 3.05) is 39.6 Å². The highest BCUT2D eigenvalue weighted by Gasteiger charge is 2.30. The van der Waals surface area contributed by atoms with Crippen LogP contribution in [0.25, 0.3) is 0 Å². The number of esters is 4. The number of carbonyl (C=O) groups is 4. The van der Waals surface area contributed by atoms with Crippen LogP contribution in [0.15, 0.2) is 0 Å². The van der Waals surface area contributed by atoms with E-state index in [0.29, 0.717) is 25.7 Å². The van der Waals surface area contributed by atoms with Crippen molar-refractivity contribution in [1.29, 1.82) is 0 Å². The summed E-state index contributed by atoms with van der Waals surface area (Å²) in [4.78, 5) is 72.6. The fourth-order valence-corrected chi connectivity index (χ4v) is 12.4. The summed E-state index contributed by atoms with van der Waals surface area (Å²) in [6, 6.07) is 0. The van der Waals surface area contributed by atoms with Crippen LogP contribution < -0.4 is 0 Å². The molecule has 0 rings (SSSR count). The van der Waals surface area contributed by atoms with Gasteiger partial charge in [0.15, 0.2) is 12.2 Å². The molecule has 5 atom stereocenters. The molecule has 17 nitrogen and oxygen atoms in total. The van der Waals surface area contributed by atoms with Crippen molar-refractivity contribution < 1.29 is 80.2 Å². The molecule has 0 heterocycles. The summed E-state index contributed by atoms with van der Waals surface area (Å²) in [5, 5.41) is 10.6. The van der Waals surface area contributed by atoms with Crippen molar-refractivity contribution in [2.24, 2.45) is 5.92 Å². The van der Waals surface area contributed by atoms with Crippen LogP contribution >= 0.6 is 15.6 Å². The van der Waals surface area contributed by atoms with E-state index in [1.807, 2.05) is 0 Å². The zero-order chi connectivity index (χ0) is 66.3. The molecule has 534 valence electrons. The van der Waals surface area contributed by atoms with E-state index in [2.05, 4.69) is 34.6 Å². The molecule has 0 aliphatic rings. The molecule has 0 aromatic rings. The number of rotatable bonds is 71. The topological polar surface area (TPSA) is 237 Å². The Morgan fingerprint density at radius 2 is 0.511 bits per heavy atom. The molecule has 2 unspecified atom stereocenters. The fraction of sp³-hybridized carbons (Fsp3) is 0.944. The first-order valence-corrected chi connectivity index (χ1v) is 40.1. The Labute approximate surface area is 549 Å². The number of aliphatic hydroxyl groups is 1. The van der Waals surface area contributed by atoms with E-state index in [-0.39, 0.29) is 25.7 Å². The van der Waals surface area contributed by atoms with E-state index in [1.54, 1.807) is 0 Å². The van der Waals surface area contributed by atoms with Gasteiger partial charge in [0.05, 0.1) is 26.4 Å². The van der Waals surface area contributed by atoms with Gasteiger partial charge in [-0.3, -0.25) is 37.3 Å². The average Bonchev–Trinajstić information content (AvgIpc) is 2.54. The second-order valence-corrected chi connectivity index (χ2v) is 29.0. The molecule has 19 heteroatoms. The van der Waals surface area contributed by atoms with Gasteiger partial charge in [-0.15, -0.1) is 0 Å². The van der Waals surface area contributed by atoms with E-state index in [4.69, 9.17) is 37.0 Å². The molecule has 90 heavy (non-hydrogen) atoms. The molecular weight excluding hydrogens is 1190 g/mol. The van der Waals surface area contributed by atoms with Gasteiger partial charge in [-0.2, -0.15) is 0 Å². The van der Waals surface area contributed by atoms with Crippen LogP contribution in [0.2, 0.25) is 0 Å². The van der Waals surface area contributed by atoms with Gasteiger partial charge in [0.2, 0.25) is 0 Å². The molecule has 3 N–H and O–H groups in total. The number of phosphoric ester groups is 2. The maximum atomic E-state index is 13.0. The summed E-state index contributed by atoms with van der Waals surface area (Å²) in [7, 11) is -9.90. The normalized spacial score (nSPS) is 14.1. The number of hydrogen-bond donors (Lipinski definition) is 3. The van der Waals surface area contributed by atoms with E-state index in [9.17, 15) is 43.2 Å². The number of aliphatic hydroxyl groups excluding tert-OH is 1. The van der Waals surface area contributed by atoms with E-state index < -0.39 is 97.5 Å². The summed E-state index contributed by atoms with van der Waals surface area (Å²) in [5.74, 6) is -1.36. The lowest BCUT2D eigenvalue weighted by atomic mass is 10.0. The molecule has 0 aliphatic carbocycles. The standard InChI is InChI=1S/C71H138O17P2/c1-6-9-12-15-18-21-24-26-27-28-30-37-42-47-52-57-71(76)88-67(61-82-69(74)55-50-45-40-35-32-31-33-38-43-48-53-64(4)5)63-86-90(79,80)84-59-65(72)58-83-89(77,78)85-62-66(60-81-68(73)54-49-44-39-34-23-20-17-14-11-8-3)87-70(75)56-51-46-41-36-29-25-22-19-16-13-10-7-2/h64-67,72H,6-63H2,1-5H3,(H,77,78)(H,79,80)/t65-,66+,67+/m0/s1. The molecule has 0 fully saturated rings. The molecule has 0 amide bonds. The number of unbranched alkanes of at least 4 members (excludes halogenated alkanes) is 43. The predicted molar refractivity (Wildman–Crippen MR) is 363 cm³/mol. The fourth-order valence-electron chi connectivity index (χ4n) is 10.8. The minimum Gasteiger partial charge on any atom is -0.462 e. The first-order valence-electron chi connectivity index (χ1n) is 37.1. The van der Waals surface area contributed by atoms with Gasteiger partial charge in [-0.05, 0) is 31.6 Å². The first kappa shape index (κ1) is 88.1. The van der Waals surface area contributed by atoms with Gasteiger partial charge in [0.25, 0.3) is 0 Å². The Hall–Kier alpha value is -1.94. The first-order chi connectivity index (χ1) is 43.5. The summed E-state index contributed by atoms with van der Waals surface area (Å²) >= 11 is 0. The molecule has 0 saturated heterocycles. The highest BCUT2D eigenvalue weighted by atomic mass is 31.2. The highest BCUT2D eigenvalue weighted by molar-refractivity contribution is 7.47. The molecule has 0 radical (unpaired) electrons. The van der Waals surface area contributed by atoms with Gasteiger partial charge in [-0.25, -0.2) is 9.13 Å². The lowest BCUT2D eigenvalue weighted by Gasteiger charge is -2.21. The monoisotopic (exact) mass is 1320 g/mol. The van der Waals surface area contributed by atoms with Crippen LogP contribution in [-0.4, -0.2) is 96.7 Å². The zero-order valence-electron chi connectivity index (χ0n) is 58.3. The van der Waals surface area contributed by atoms with Crippen molar-refractivity contribution in [1.82, 2.24) is 0 Å². The Morgan fingerprint density at radius 1 is 0.300 bits per heavy atom. The van der Waals surface area contributed by atoms with E-state index in [1.165, 1.54) is 193 Å². The maximum Gasteiger partial charge on any atom is 0.472 e. The largest absolute Gasteiger partial charge is 0.472 e. The lowest BCUT2D eigenvalue weighted by Crippen LogP contribution is -2.30. The second-order valence-electron chi connectivity index (χ2n) is 26.1. The number of phosphoric acid groups is 2. The summed E-state index contributed by atoms with van der Waals surface area (Å²) in [5.41, 5.74) is 0. The van der Waals surface area contributed by atoms with Crippen LogP contribution in [-0.2, 0) is 65.4 Å². The lowest BCUT2D eigenvalue weighted by molar-refractivity contribution is -0.161. The van der Waals surface area contributed by atoms with Gasteiger partial charge in [-0.1, -0.05) is 317 Å². The van der Waals surface area contributed by atoms with Crippen LogP contribution in [0.4, 0.5) is 0 Å². The van der Waals surface area contributed by atoms with Gasteiger partial charge in [0, 0.05) is 25.7 Å². The minimum absolute atomic E-state index is 0.108. The maximum absolute atomic E-state index is 13.0. The van der Waals surface area contributed by atoms with Gasteiger partial charge < -0.3 is 33.8 Å². The van der Waals surface area contributed by atoms with Crippen LogP contribution in [0.5, 0.6) is 0 Å². The van der Waals surface area contributed by atoms with Crippen molar-refractivity contribution >= 4 is 39.5 Å². The molecule has 0 aromatic heterocycles. The Bertz CT molecular complexity index is 1740. The third-order valence-corrected chi connectivity index (χ3v) is 18.4. The highest BCUT2D eigenvalue weighted by Crippen LogP contribution is 2.45. The second kappa shape index (κ2) is 64.4. The molecule has 0 aromatic carbocycles. The van der Waals surface area contributed by atoms with Crippen molar-refractivity contribution in [3.8, 4) is 0 Å². The molecular formula is C71H138O17P2. The van der Waals surface area contributed by atoms with Gasteiger partial charge >= 0.3 is 39.5 Å². The molecule has 0 spiro atoms. The van der Waals surface area contributed by atoms with E-state index >= 15 is 0 Å². The van der Waals surface area contributed by atoms with Gasteiger partial charge in [0.1, 0.15) is 19.3 Å². The number of ether oxygens (including phenoxy) is 4. The van der Waals surface area contributed by atoms with Crippen molar-refractivity contribution in [2.45, 2.75) is 387 Å². The molecule has 0 bridgehead atoms. The van der Waals surface area contributed by atoms with Crippen molar-refractivity contribution in [3.05, 3.63) is 0 Å². The summed E-state index contributed by atoms with van der Waals surface area (Å²) in [6.07, 6.45) is 51.1. The minimum atomic E-state index is -4.95. The van der Waals surface area contributed by atoms with Crippen molar-refractivity contribution in [3.63, 3.8) is 0 Å². The molecule has 0 aliphatic heterocycles. The number of carbonyl (C=O) groups excluding carboxylic acids is 4. The smallest absolute Gasteiger partial charge is 0.462 e. The Balaban J connectivity index is 5.25. The summed E-state index contributed by atoms with van der Waals surface area (Å²) in [6.45, 7) is 7.25. The zero-order valence-corrected chi connectivity index (χ0v) is 60.1. The Kier molecular flexibility index (Phi) is 63.0. The predicted octanol–water partition coefficient (Wildman–Crippen LogP) is 20.5. The van der Waals surface area contributed by atoms with E-state index in [0.717, 1.165) is 95.8 Å². The summed E-state index contributed by atoms with van der Waals surface area (Å²) < 4.78 is 68.3. The van der Waals surface area contributed by atoms with Crippen LogP contribution in [0, 0.1) is 5.92 Å². The average molecular weight is 1330 g/mol. The van der Waals surface area contributed by atoms with Crippen LogP contribution in [0.1, 0.15) is 369 Å². The molecule has 0 saturated carbocycles. The SMILES string of the molecule is CCCCCCCCCCCCCCCCCC(=O)O[C@H](COC(=O)CCCCCCCCCCCCC(C)C)COP(=O)(O)OC[C@@H](O)COP(=O)(O)OC[C@@H](COC(=O)CCCCCCCCCCCC)OC(=O)CCCCCCCCCCCCCC. The number of hydrogen-bond acceptors (Lipinski definition) is 15. The Morgan fingerprint density at radius 3 is 0.756 bits per heavy atom. The third-order valence-electron chi connectivity index (χ3n) is 16.5. The third kappa shape index (κ3) is 64.8. The quantitative estimate of drug-likeness (QED) is 0.0222. The van der Waals surface area contributed by atoms with Crippen LogP contribution in [0.3, 0.4) is 0 Å².